The number of hydrogen-bond acceptors (Lipinski definition) is 4. The Kier molecular flexibility index (Phi) is 4.69. The maximum atomic E-state index is 12.1. The van der Waals surface area contributed by atoms with Crippen LogP contribution in [0.5, 0.6) is 0 Å². The molecule has 1 amide bonds. The molecule has 0 aliphatic rings. The fraction of sp³-hybridized carbons (Fsp3) is 0.222. The standard InChI is InChI=1S/C18H19NO4/c1-5-22-16(20)13-10-6-8-12-9-7-11-14(15(12)13)19-17(21)23-18(2,3)4/h5-11H,1H2,2-4H3,(H,19,21). The Morgan fingerprint density at radius 1 is 1.13 bits per heavy atom. The third-order valence-corrected chi connectivity index (χ3v) is 2.95. The van der Waals surface area contributed by atoms with E-state index in [1.807, 2.05) is 12.1 Å². The maximum Gasteiger partial charge on any atom is 0.412 e. The summed E-state index contributed by atoms with van der Waals surface area (Å²) in [6, 6.07) is 10.6. The predicted molar refractivity (Wildman–Crippen MR) is 89.4 cm³/mol. The Bertz CT molecular complexity index is 754. The van der Waals surface area contributed by atoms with Gasteiger partial charge in [0.25, 0.3) is 0 Å². The fourth-order valence-corrected chi connectivity index (χ4v) is 2.17. The minimum Gasteiger partial charge on any atom is -0.444 e. The quantitative estimate of drug-likeness (QED) is 0.670. The molecule has 0 aliphatic heterocycles. The molecule has 0 aliphatic carbocycles. The van der Waals surface area contributed by atoms with Crippen molar-refractivity contribution in [1.82, 2.24) is 0 Å². The molecule has 2 rings (SSSR count). The molecule has 2 aromatic rings. The van der Waals surface area contributed by atoms with E-state index >= 15 is 0 Å². The molecule has 0 saturated heterocycles. The Balaban J connectivity index is 2.46. The molecule has 0 spiro atoms. The van der Waals surface area contributed by atoms with Crippen molar-refractivity contribution in [2.45, 2.75) is 26.4 Å². The average molecular weight is 313 g/mol. The van der Waals surface area contributed by atoms with Gasteiger partial charge in [-0.25, -0.2) is 9.59 Å². The first-order valence-corrected chi connectivity index (χ1v) is 7.15. The topological polar surface area (TPSA) is 64.6 Å². The number of benzene rings is 2. The van der Waals surface area contributed by atoms with E-state index < -0.39 is 17.7 Å². The lowest BCUT2D eigenvalue weighted by Crippen LogP contribution is -2.27. The summed E-state index contributed by atoms with van der Waals surface area (Å²) >= 11 is 0. The van der Waals surface area contributed by atoms with Gasteiger partial charge in [-0.05, 0) is 38.3 Å². The number of carbonyl (C=O) groups excluding carboxylic acids is 2. The molecule has 0 unspecified atom stereocenters. The van der Waals surface area contributed by atoms with Crippen LogP contribution in [0.3, 0.4) is 0 Å². The van der Waals surface area contributed by atoms with Crippen LogP contribution >= 0.6 is 0 Å². The van der Waals surface area contributed by atoms with Gasteiger partial charge in [-0.1, -0.05) is 30.8 Å². The molecule has 0 radical (unpaired) electrons. The normalized spacial score (nSPS) is 10.9. The maximum absolute atomic E-state index is 12.1. The third kappa shape index (κ3) is 4.10. The van der Waals surface area contributed by atoms with Gasteiger partial charge in [0, 0.05) is 5.39 Å². The van der Waals surface area contributed by atoms with Gasteiger partial charge in [-0.15, -0.1) is 0 Å². The Hall–Kier alpha value is -2.82. The van der Waals surface area contributed by atoms with Gasteiger partial charge in [0.05, 0.1) is 17.5 Å². The fourth-order valence-electron chi connectivity index (χ4n) is 2.17. The number of esters is 1. The Morgan fingerprint density at radius 3 is 2.39 bits per heavy atom. The Labute approximate surface area is 134 Å². The van der Waals surface area contributed by atoms with Gasteiger partial charge in [0.15, 0.2) is 0 Å². The van der Waals surface area contributed by atoms with Crippen LogP contribution in [-0.4, -0.2) is 17.7 Å². The second-order valence-electron chi connectivity index (χ2n) is 5.91. The van der Waals surface area contributed by atoms with E-state index in [1.165, 1.54) is 0 Å². The van der Waals surface area contributed by atoms with Crippen LogP contribution in [0.25, 0.3) is 10.8 Å². The lowest BCUT2D eigenvalue weighted by atomic mass is 10.0. The molecule has 0 saturated carbocycles. The number of hydrogen-bond donors (Lipinski definition) is 1. The number of anilines is 1. The lowest BCUT2D eigenvalue weighted by Gasteiger charge is -2.20. The molecule has 0 heterocycles. The van der Waals surface area contributed by atoms with E-state index in [2.05, 4.69) is 11.9 Å². The van der Waals surface area contributed by atoms with E-state index in [0.29, 0.717) is 16.6 Å². The van der Waals surface area contributed by atoms with Gasteiger partial charge in [0.2, 0.25) is 0 Å². The molecule has 23 heavy (non-hydrogen) atoms. The summed E-state index contributed by atoms with van der Waals surface area (Å²) in [6.45, 7) is 8.73. The van der Waals surface area contributed by atoms with Gasteiger partial charge in [-0.3, -0.25) is 5.32 Å². The van der Waals surface area contributed by atoms with Crippen LogP contribution in [0.1, 0.15) is 31.1 Å². The monoisotopic (exact) mass is 313 g/mol. The van der Waals surface area contributed by atoms with E-state index in [1.54, 1.807) is 45.0 Å². The summed E-state index contributed by atoms with van der Waals surface area (Å²) in [5.41, 5.74) is 0.210. The van der Waals surface area contributed by atoms with Crippen LogP contribution in [0.15, 0.2) is 49.2 Å². The Morgan fingerprint density at radius 2 is 1.78 bits per heavy atom. The second kappa shape index (κ2) is 6.52. The number of amides is 1. The van der Waals surface area contributed by atoms with Gasteiger partial charge >= 0.3 is 12.1 Å². The summed E-state index contributed by atoms with van der Waals surface area (Å²) in [5.74, 6) is -0.538. The largest absolute Gasteiger partial charge is 0.444 e. The highest BCUT2D eigenvalue weighted by molar-refractivity contribution is 6.11. The summed E-state index contributed by atoms with van der Waals surface area (Å²) in [7, 11) is 0. The first-order chi connectivity index (χ1) is 10.8. The van der Waals surface area contributed by atoms with Crippen molar-refractivity contribution < 1.29 is 19.1 Å². The first-order valence-electron chi connectivity index (χ1n) is 7.15. The zero-order valence-corrected chi connectivity index (χ0v) is 13.4. The van der Waals surface area contributed by atoms with Crippen molar-refractivity contribution in [3.63, 3.8) is 0 Å². The molecule has 0 fully saturated rings. The third-order valence-electron chi connectivity index (χ3n) is 2.95. The van der Waals surface area contributed by atoms with Crippen molar-refractivity contribution in [3.05, 3.63) is 54.8 Å². The zero-order chi connectivity index (χ0) is 17.0. The van der Waals surface area contributed by atoms with Crippen molar-refractivity contribution in [2.75, 3.05) is 5.32 Å². The number of rotatable bonds is 3. The van der Waals surface area contributed by atoms with E-state index in [0.717, 1.165) is 11.6 Å². The SMILES string of the molecule is C=COC(=O)c1cccc2cccc(NC(=O)OC(C)(C)C)c12. The predicted octanol–water partition coefficient (Wildman–Crippen LogP) is 4.49. The molecule has 2 aromatic carbocycles. The van der Waals surface area contributed by atoms with E-state index in [4.69, 9.17) is 9.47 Å². The molecule has 5 nitrogen and oxygen atoms in total. The number of nitrogens with one attached hydrogen (secondary N) is 1. The highest BCUT2D eigenvalue weighted by atomic mass is 16.6. The van der Waals surface area contributed by atoms with Crippen LogP contribution in [0, 0.1) is 0 Å². The first kappa shape index (κ1) is 16.5. The minimum atomic E-state index is -0.612. The summed E-state index contributed by atoms with van der Waals surface area (Å²) in [4.78, 5) is 24.1. The number of ether oxygens (including phenoxy) is 2. The lowest BCUT2D eigenvalue weighted by molar-refractivity contribution is 0.0631. The van der Waals surface area contributed by atoms with Crippen LogP contribution in [0.2, 0.25) is 0 Å². The second-order valence-corrected chi connectivity index (χ2v) is 5.91. The average Bonchev–Trinajstić information content (AvgIpc) is 2.45. The minimum absolute atomic E-state index is 0.342. The number of fused-ring (bicyclic) bond motifs is 1. The van der Waals surface area contributed by atoms with Gasteiger partial charge in [0.1, 0.15) is 5.60 Å². The summed E-state index contributed by atoms with van der Waals surface area (Å²) < 4.78 is 10.1. The van der Waals surface area contributed by atoms with E-state index in [-0.39, 0.29) is 0 Å². The molecule has 1 N–H and O–H groups in total. The van der Waals surface area contributed by atoms with Crippen molar-refractivity contribution in [1.29, 1.82) is 0 Å². The van der Waals surface area contributed by atoms with Crippen molar-refractivity contribution in [2.24, 2.45) is 0 Å². The zero-order valence-electron chi connectivity index (χ0n) is 13.4. The summed E-state index contributed by atoms with van der Waals surface area (Å²) in [5, 5.41) is 4.08. The van der Waals surface area contributed by atoms with Crippen LogP contribution in [-0.2, 0) is 9.47 Å². The van der Waals surface area contributed by atoms with Gasteiger partial charge < -0.3 is 9.47 Å². The van der Waals surface area contributed by atoms with Crippen molar-refractivity contribution in [3.8, 4) is 0 Å². The molecule has 120 valence electrons. The molecule has 0 aromatic heterocycles. The molecular formula is C18H19NO4. The smallest absolute Gasteiger partial charge is 0.412 e. The highest BCUT2D eigenvalue weighted by Gasteiger charge is 2.19. The molecule has 5 heteroatoms. The summed E-state index contributed by atoms with van der Waals surface area (Å²) in [6.07, 6.45) is 0.488. The van der Waals surface area contributed by atoms with Crippen LogP contribution < -0.4 is 5.32 Å². The number of carbonyl (C=O) groups is 2. The van der Waals surface area contributed by atoms with Gasteiger partial charge in [-0.2, -0.15) is 0 Å². The molecule has 0 bridgehead atoms. The highest BCUT2D eigenvalue weighted by Crippen LogP contribution is 2.28. The van der Waals surface area contributed by atoms with E-state index in [9.17, 15) is 9.59 Å². The molecular weight excluding hydrogens is 294 g/mol. The molecule has 0 atom stereocenters. The van der Waals surface area contributed by atoms with Crippen LogP contribution in [0.4, 0.5) is 10.5 Å². The van der Waals surface area contributed by atoms with Crippen molar-refractivity contribution >= 4 is 28.5 Å².